The summed E-state index contributed by atoms with van der Waals surface area (Å²) in [4.78, 5) is 37.5. The number of carbonyl (C=O) groups excluding carboxylic acids is 1. The molecular formula is C22H29FN3O9P. The van der Waals surface area contributed by atoms with Crippen LogP contribution in [-0.2, 0) is 23.4 Å². The Morgan fingerprint density at radius 3 is 2.56 bits per heavy atom. The first-order valence-electron chi connectivity index (χ1n) is 11.2. The maximum absolute atomic E-state index is 13.7. The lowest BCUT2D eigenvalue weighted by Crippen LogP contribution is -2.40. The van der Waals surface area contributed by atoms with Gasteiger partial charge in [0.1, 0.15) is 24.1 Å². The Hall–Kier alpha value is -2.83. The highest BCUT2D eigenvalue weighted by atomic mass is 31.2. The van der Waals surface area contributed by atoms with E-state index >= 15 is 0 Å². The number of nitrogens with one attached hydrogen (secondary N) is 2. The van der Waals surface area contributed by atoms with Crippen molar-refractivity contribution in [3.05, 3.63) is 63.2 Å². The Kier molecular flexibility index (Phi) is 8.85. The molecule has 2 heterocycles. The summed E-state index contributed by atoms with van der Waals surface area (Å²) < 4.78 is 50.3. The molecule has 3 N–H and O–H groups in total. The fourth-order valence-corrected chi connectivity index (χ4v) is 5.24. The van der Waals surface area contributed by atoms with Gasteiger partial charge in [0.05, 0.1) is 24.5 Å². The van der Waals surface area contributed by atoms with Gasteiger partial charge in [-0.3, -0.25) is 23.7 Å². The van der Waals surface area contributed by atoms with Crippen LogP contribution in [0.25, 0.3) is 0 Å². The summed E-state index contributed by atoms with van der Waals surface area (Å²) in [6.07, 6.45) is -4.42. The molecule has 0 radical (unpaired) electrons. The number of nitrogens with zero attached hydrogens (tertiary/aromatic N) is 1. The SMILES string of the molecule is CC(C)OC(=O)[C@H](C)N[P@](=O)(Oc1ccccc1)O[C@H](C)[C@H]1O[C@@H](n2cc(F)c(=O)[nH]c2=O)C[C@@H]1O. The molecule has 1 saturated heterocycles. The van der Waals surface area contributed by atoms with Crippen LogP contribution in [0.1, 0.15) is 40.3 Å². The number of aliphatic hydroxyl groups excluding tert-OH is 1. The number of aromatic nitrogens is 2. The van der Waals surface area contributed by atoms with Gasteiger partial charge in [-0.25, -0.2) is 9.36 Å². The third kappa shape index (κ3) is 6.89. The molecule has 0 saturated carbocycles. The molecule has 6 atom stereocenters. The van der Waals surface area contributed by atoms with Gasteiger partial charge in [-0.1, -0.05) is 18.2 Å². The predicted molar refractivity (Wildman–Crippen MR) is 125 cm³/mol. The van der Waals surface area contributed by atoms with Gasteiger partial charge in [-0.05, 0) is 39.8 Å². The van der Waals surface area contributed by atoms with E-state index in [1.165, 1.54) is 26.0 Å². The Balaban J connectivity index is 1.79. The van der Waals surface area contributed by atoms with Gasteiger partial charge >= 0.3 is 19.4 Å². The van der Waals surface area contributed by atoms with Gasteiger partial charge in [-0.2, -0.15) is 9.48 Å². The minimum absolute atomic E-state index is 0.141. The fraction of sp³-hybridized carbons (Fsp3) is 0.500. The van der Waals surface area contributed by atoms with Crippen molar-refractivity contribution in [3.63, 3.8) is 0 Å². The molecule has 36 heavy (non-hydrogen) atoms. The number of aromatic amines is 1. The van der Waals surface area contributed by atoms with E-state index in [1.54, 1.807) is 32.0 Å². The van der Waals surface area contributed by atoms with E-state index in [4.69, 9.17) is 18.5 Å². The van der Waals surface area contributed by atoms with Crippen LogP contribution < -0.4 is 20.9 Å². The summed E-state index contributed by atoms with van der Waals surface area (Å²) >= 11 is 0. The molecule has 12 nitrogen and oxygen atoms in total. The van der Waals surface area contributed by atoms with Crippen molar-refractivity contribution in [2.45, 2.75) is 70.8 Å². The van der Waals surface area contributed by atoms with Crippen molar-refractivity contribution in [1.29, 1.82) is 0 Å². The Bertz CT molecular complexity index is 1220. The Morgan fingerprint density at radius 2 is 1.92 bits per heavy atom. The number of benzene rings is 1. The minimum Gasteiger partial charge on any atom is -0.462 e. The molecule has 198 valence electrons. The van der Waals surface area contributed by atoms with Gasteiger partial charge in [0.15, 0.2) is 0 Å². The normalized spacial score (nSPS) is 23.1. The number of hydrogen-bond donors (Lipinski definition) is 3. The maximum Gasteiger partial charge on any atom is 0.459 e. The second kappa shape index (κ2) is 11.5. The zero-order valence-corrected chi connectivity index (χ0v) is 21.0. The molecule has 0 unspecified atom stereocenters. The van der Waals surface area contributed by atoms with E-state index in [-0.39, 0.29) is 12.2 Å². The van der Waals surface area contributed by atoms with Crippen molar-refractivity contribution in [1.82, 2.24) is 14.6 Å². The molecule has 0 aliphatic carbocycles. The first-order chi connectivity index (χ1) is 16.9. The topological polar surface area (TPSA) is 158 Å². The van der Waals surface area contributed by atoms with Gasteiger partial charge in [-0.15, -0.1) is 0 Å². The minimum atomic E-state index is -4.26. The van der Waals surface area contributed by atoms with Gasteiger partial charge in [0.2, 0.25) is 5.82 Å². The van der Waals surface area contributed by atoms with Crippen LogP contribution in [0.15, 0.2) is 46.1 Å². The largest absolute Gasteiger partial charge is 0.462 e. The highest BCUT2D eigenvalue weighted by molar-refractivity contribution is 7.52. The van der Waals surface area contributed by atoms with Crippen LogP contribution in [0.3, 0.4) is 0 Å². The number of rotatable bonds is 10. The van der Waals surface area contributed by atoms with Gasteiger partial charge < -0.3 is 19.1 Å². The van der Waals surface area contributed by atoms with Crippen molar-refractivity contribution in [2.24, 2.45) is 0 Å². The Labute approximate surface area is 205 Å². The van der Waals surface area contributed by atoms with Crippen molar-refractivity contribution >= 4 is 13.7 Å². The number of hydrogen-bond acceptors (Lipinski definition) is 9. The molecular weight excluding hydrogens is 500 g/mol. The predicted octanol–water partition coefficient (Wildman–Crippen LogP) is 1.85. The van der Waals surface area contributed by atoms with E-state index in [0.29, 0.717) is 6.20 Å². The van der Waals surface area contributed by atoms with E-state index in [2.05, 4.69) is 5.09 Å². The number of esters is 1. The molecule has 2 aromatic rings. The molecule has 1 aromatic carbocycles. The average molecular weight is 529 g/mol. The van der Waals surface area contributed by atoms with Crippen molar-refractivity contribution < 1.29 is 37.4 Å². The highest BCUT2D eigenvalue weighted by Gasteiger charge is 2.43. The highest BCUT2D eigenvalue weighted by Crippen LogP contribution is 2.47. The molecule has 3 rings (SSSR count). The monoisotopic (exact) mass is 529 g/mol. The molecule has 1 aliphatic heterocycles. The van der Waals surface area contributed by atoms with E-state index in [0.717, 1.165) is 4.57 Å². The molecule has 14 heteroatoms. The number of ether oxygens (including phenoxy) is 2. The summed E-state index contributed by atoms with van der Waals surface area (Å²) in [7, 11) is -4.26. The van der Waals surface area contributed by atoms with Crippen LogP contribution in [0.4, 0.5) is 4.39 Å². The summed E-state index contributed by atoms with van der Waals surface area (Å²) in [5.41, 5.74) is -2.11. The third-order valence-electron chi connectivity index (χ3n) is 5.16. The van der Waals surface area contributed by atoms with Crippen LogP contribution >= 0.6 is 7.75 Å². The van der Waals surface area contributed by atoms with E-state index < -0.39 is 67.5 Å². The van der Waals surface area contributed by atoms with Crippen molar-refractivity contribution in [3.8, 4) is 5.75 Å². The van der Waals surface area contributed by atoms with Crippen LogP contribution in [0, 0.1) is 5.82 Å². The third-order valence-corrected chi connectivity index (χ3v) is 6.93. The number of carbonyl (C=O) groups is 1. The first kappa shape index (κ1) is 27.8. The van der Waals surface area contributed by atoms with Crippen LogP contribution in [0.5, 0.6) is 5.75 Å². The lowest BCUT2D eigenvalue weighted by atomic mass is 10.1. The molecule has 0 amide bonds. The lowest BCUT2D eigenvalue weighted by Gasteiger charge is -2.29. The smallest absolute Gasteiger partial charge is 0.459 e. The zero-order valence-electron chi connectivity index (χ0n) is 20.1. The maximum atomic E-state index is 13.7. The first-order valence-corrected chi connectivity index (χ1v) is 12.8. The van der Waals surface area contributed by atoms with Crippen molar-refractivity contribution in [2.75, 3.05) is 0 Å². The Morgan fingerprint density at radius 1 is 1.25 bits per heavy atom. The van der Waals surface area contributed by atoms with Gasteiger partial charge in [0.25, 0.3) is 5.56 Å². The molecule has 1 aromatic heterocycles. The van der Waals surface area contributed by atoms with E-state index in [1.807, 2.05) is 4.98 Å². The molecule has 1 aliphatic rings. The van der Waals surface area contributed by atoms with E-state index in [9.17, 15) is 28.4 Å². The summed E-state index contributed by atoms with van der Waals surface area (Å²) in [6, 6.07) is 7.01. The molecule has 1 fully saturated rings. The summed E-state index contributed by atoms with van der Waals surface area (Å²) in [5.74, 6) is -1.70. The standard InChI is InChI=1S/C22H29FN3O9P/c1-12(2)32-21(29)13(3)25-36(31,35-15-8-6-5-7-9-15)34-14(4)19-17(27)10-18(33-19)26-11-16(23)20(28)24-22(26)30/h5-9,11-14,17-19,27H,10H2,1-4H3,(H,25,31)(H,24,28,30)/t13-,14+,17-,18+,19+,36+/m0/s1. The number of halogens is 1. The lowest BCUT2D eigenvalue weighted by molar-refractivity contribution is -0.149. The fourth-order valence-electron chi connectivity index (χ4n) is 3.55. The van der Waals surface area contributed by atoms with Gasteiger partial charge in [0, 0.05) is 6.42 Å². The van der Waals surface area contributed by atoms with Crippen LogP contribution in [0.2, 0.25) is 0 Å². The number of aliphatic hydroxyl groups is 1. The number of H-pyrrole nitrogens is 1. The molecule has 0 bridgehead atoms. The summed E-state index contributed by atoms with van der Waals surface area (Å²) in [5, 5.41) is 13.1. The second-order valence-electron chi connectivity index (χ2n) is 8.55. The van der Waals surface area contributed by atoms with Crippen LogP contribution in [-0.4, -0.2) is 51.1 Å². The second-order valence-corrected chi connectivity index (χ2v) is 10.2. The quantitative estimate of drug-likeness (QED) is 0.306. The average Bonchev–Trinajstić information content (AvgIpc) is 3.17. The molecule has 0 spiro atoms. The zero-order chi connectivity index (χ0) is 26.6. The summed E-state index contributed by atoms with van der Waals surface area (Å²) in [6.45, 7) is 6.20. The number of para-hydroxylation sites is 1.